The first-order valence-corrected chi connectivity index (χ1v) is 11.5. The standard InChI is InChI=1S/C26H28N4O3/c31-17-21-20-16-30-22(10-6-11-23(30)32)24(20)29(14-12-18-7-2-1-3-8-18)25(21)26(33)28-15-19-9-4-5-13-27-19/h1-11,13,20-21,24-25,31H,12,14-17H2,(H,28,33)/t20-,21-,24+,25-/m0/s1. The van der Waals surface area contributed by atoms with Gasteiger partial charge in [-0.15, -0.1) is 0 Å². The van der Waals surface area contributed by atoms with Gasteiger partial charge in [-0.3, -0.25) is 19.5 Å². The van der Waals surface area contributed by atoms with E-state index in [-0.39, 0.29) is 36.0 Å². The van der Waals surface area contributed by atoms with Crippen LogP contribution in [-0.2, 0) is 24.3 Å². The Labute approximate surface area is 192 Å². The average molecular weight is 445 g/mol. The summed E-state index contributed by atoms with van der Waals surface area (Å²) in [5, 5.41) is 13.4. The van der Waals surface area contributed by atoms with Crippen molar-refractivity contribution in [2.45, 2.75) is 31.6 Å². The molecule has 1 aromatic carbocycles. The Balaban J connectivity index is 1.44. The summed E-state index contributed by atoms with van der Waals surface area (Å²) in [4.78, 5) is 32.4. The molecule has 0 saturated carbocycles. The molecule has 1 fully saturated rings. The van der Waals surface area contributed by atoms with E-state index >= 15 is 0 Å². The van der Waals surface area contributed by atoms with Gasteiger partial charge in [0.15, 0.2) is 0 Å². The van der Waals surface area contributed by atoms with Crippen molar-refractivity contribution >= 4 is 5.91 Å². The van der Waals surface area contributed by atoms with Gasteiger partial charge < -0.3 is 15.0 Å². The van der Waals surface area contributed by atoms with Crippen molar-refractivity contribution < 1.29 is 9.90 Å². The number of nitrogens with one attached hydrogen (secondary N) is 1. The van der Waals surface area contributed by atoms with Crippen molar-refractivity contribution in [1.29, 1.82) is 0 Å². The van der Waals surface area contributed by atoms with E-state index in [2.05, 4.69) is 27.3 Å². The molecule has 0 aliphatic carbocycles. The average Bonchev–Trinajstić information content (AvgIpc) is 3.38. The fourth-order valence-electron chi connectivity index (χ4n) is 5.50. The maximum Gasteiger partial charge on any atom is 0.250 e. The van der Waals surface area contributed by atoms with Gasteiger partial charge >= 0.3 is 0 Å². The summed E-state index contributed by atoms with van der Waals surface area (Å²) in [6.45, 7) is 1.42. The van der Waals surface area contributed by atoms with Gasteiger partial charge in [-0.1, -0.05) is 42.5 Å². The summed E-state index contributed by atoms with van der Waals surface area (Å²) in [6.07, 6.45) is 2.49. The van der Waals surface area contributed by atoms with E-state index in [1.54, 1.807) is 22.9 Å². The zero-order valence-electron chi connectivity index (χ0n) is 18.4. The van der Waals surface area contributed by atoms with Gasteiger partial charge in [0.25, 0.3) is 5.56 Å². The molecule has 0 unspecified atom stereocenters. The molecule has 3 aromatic rings. The minimum atomic E-state index is -0.471. The van der Waals surface area contributed by atoms with E-state index in [9.17, 15) is 14.7 Å². The van der Waals surface area contributed by atoms with Gasteiger partial charge in [0.1, 0.15) is 0 Å². The molecule has 7 heteroatoms. The van der Waals surface area contributed by atoms with Gasteiger partial charge in [0, 0.05) is 49.5 Å². The van der Waals surface area contributed by atoms with Crippen LogP contribution in [0.1, 0.15) is 23.0 Å². The molecule has 33 heavy (non-hydrogen) atoms. The minimum absolute atomic E-state index is 0.00599. The molecule has 2 N–H and O–H groups in total. The van der Waals surface area contributed by atoms with Crippen LogP contribution >= 0.6 is 0 Å². The van der Waals surface area contributed by atoms with Gasteiger partial charge in [-0.25, -0.2) is 0 Å². The first-order valence-electron chi connectivity index (χ1n) is 11.5. The molecule has 170 valence electrons. The topological polar surface area (TPSA) is 87.5 Å². The number of amides is 1. The predicted octanol–water partition coefficient (Wildman–Crippen LogP) is 1.77. The van der Waals surface area contributed by atoms with Crippen LogP contribution < -0.4 is 10.9 Å². The Hall–Kier alpha value is -3.29. The first-order chi connectivity index (χ1) is 16.2. The molecule has 1 saturated heterocycles. The Bertz CT molecular complexity index is 1160. The second-order valence-corrected chi connectivity index (χ2v) is 8.81. The number of carbonyl (C=O) groups excluding carboxylic acids is 1. The summed E-state index contributed by atoms with van der Waals surface area (Å²) in [5.41, 5.74) is 2.88. The number of aromatic nitrogens is 2. The van der Waals surface area contributed by atoms with Crippen molar-refractivity contribution in [2.24, 2.45) is 11.8 Å². The van der Waals surface area contributed by atoms with Gasteiger partial charge in [0.05, 0.1) is 24.3 Å². The highest BCUT2D eigenvalue weighted by molar-refractivity contribution is 5.82. The van der Waals surface area contributed by atoms with Crippen molar-refractivity contribution in [3.05, 3.63) is 100 Å². The zero-order chi connectivity index (χ0) is 22.8. The van der Waals surface area contributed by atoms with Crippen LogP contribution in [0.2, 0.25) is 0 Å². The first kappa shape index (κ1) is 21.6. The second kappa shape index (κ2) is 9.29. The summed E-state index contributed by atoms with van der Waals surface area (Å²) in [5.74, 6) is -0.354. The van der Waals surface area contributed by atoms with Gasteiger partial charge in [0.2, 0.25) is 5.91 Å². The van der Waals surface area contributed by atoms with Gasteiger partial charge in [-0.05, 0) is 30.2 Å². The number of rotatable bonds is 7. The van der Waals surface area contributed by atoms with E-state index in [0.717, 1.165) is 17.8 Å². The maximum atomic E-state index is 13.5. The van der Waals surface area contributed by atoms with Crippen molar-refractivity contribution in [2.75, 3.05) is 13.2 Å². The quantitative estimate of drug-likeness (QED) is 0.580. The number of aliphatic hydroxyl groups excluding tert-OH is 1. The monoisotopic (exact) mass is 444 g/mol. The smallest absolute Gasteiger partial charge is 0.250 e. The summed E-state index contributed by atoms with van der Waals surface area (Å²) in [7, 11) is 0. The van der Waals surface area contributed by atoms with Crippen LogP contribution in [-0.4, -0.2) is 44.7 Å². The molecule has 2 aromatic heterocycles. The highest BCUT2D eigenvalue weighted by Gasteiger charge is 2.55. The van der Waals surface area contributed by atoms with Crippen LogP contribution in [0.3, 0.4) is 0 Å². The van der Waals surface area contributed by atoms with Crippen LogP contribution in [0.4, 0.5) is 0 Å². The number of hydrogen-bond donors (Lipinski definition) is 2. The highest BCUT2D eigenvalue weighted by Crippen LogP contribution is 2.48. The second-order valence-electron chi connectivity index (χ2n) is 8.81. The molecule has 5 rings (SSSR count). The van der Waals surface area contributed by atoms with E-state index in [4.69, 9.17) is 0 Å². The molecule has 2 aliphatic heterocycles. The van der Waals surface area contributed by atoms with E-state index in [1.165, 1.54) is 5.56 Å². The van der Waals surface area contributed by atoms with E-state index in [1.807, 2.05) is 42.5 Å². The lowest BCUT2D eigenvalue weighted by Gasteiger charge is -2.30. The Morgan fingerprint density at radius 2 is 1.88 bits per heavy atom. The number of likely N-dealkylation sites (tertiary alicyclic amines) is 1. The molecule has 2 aliphatic rings. The molecular formula is C26H28N4O3. The summed E-state index contributed by atoms with van der Waals surface area (Å²) < 4.78 is 1.80. The molecular weight excluding hydrogens is 416 g/mol. The molecule has 1 amide bonds. The predicted molar refractivity (Wildman–Crippen MR) is 124 cm³/mol. The van der Waals surface area contributed by atoms with Crippen molar-refractivity contribution in [1.82, 2.24) is 19.8 Å². The normalized spacial score (nSPS) is 23.8. The van der Waals surface area contributed by atoms with Crippen LogP contribution in [0.5, 0.6) is 0 Å². The Morgan fingerprint density at radius 3 is 2.64 bits per heavy atom. The lowest BCUT2D eigenvalue weighted by molar-refractivity contribution is -0.127. The third-order valence-electron chi connectivity index (χ3n) is 7.01. The largest absolute Gasteiger partial charge is 0.396 e. The summed E-state index contributed by atoms with van der Waals surface area (Å²) in [6, 6.07) is 20.6. The minimum Gasteiger partial charge on any atom is -0.396 e. The van der Waals surface area contributed by atoms with Crippen molar-refractivity contribution in [3.8, 4) is 0 Å². The van der Waals surface area contributed by atoms with Crippen LogP contribution in [0, 0.1) is 11.8 Å². The highest BCUT2D eigenvalue weighted by atomic mass is 16.3. The number of nitrogens with zero attached hydrogens (tertiary/aromatic N) is 3. The molecule has 7 nitrogen and oxygen atoms in total. The third kappa shape index (κ3) is 4.10. The number of aliphatic hydroxyl groups is 1. The number of hydrogen-bond acceptors (Lipinski definition) is 5. The lowest BCUT2D eigenvalue weighted by Crippen LogP contribution is -2.48. The van der Waals surface area contributed by atoms with Crippen molar-refractivity contribution in [3.63, 3.8) is 0 Å². The molecule has 0 spiro atoms. The zero-order valence-corrected chi connectivity index (χ0v) is 18.4. The Morgan fingerprint density at radius 1 is 1.06 bits per heavy atom. The third-order valence-corrected chi connectivity index (χ3v) is 7.01. The lowest BCUT2D eigenvalue weighted by atomic mass is 9.88. The Kier molecular flexibility index (Phi) is 6.07. The molecule has 4 atom stereocenters. The van der Waals surface area contributed by atoms with E-state index < -0.39 is 6.04 Å². The fraction of sp³-hybridized carbons (Fsp3) is 0.346. The van der Waals surface area contributed by atoms with Crippen LogP contribution in [0.15, 0.2) is 77.7 Å². The van der Waals surface area contributed by atoms with Crippen LogP contribution in [0.25, 0.3) is 0 Å². The van der Waals surface area contributed by atoms with Gasteiger partial charge in [-0.2, -0.15) is 0 Å². The molecule has 0 radical (unpaired) electrons. The number of carbonyl (C=O) groups is 1. The number of pyridine rings is 2. The maximum absolute atomic E-state index is 13.5. The fourth-order valence-corrected chi connectivity index (χ4v) is 5.50. The molecule has 4 heterocycles. The SMILES string of the molecule is O=C(NCc1ccccn1)[C@@H]1[C@@H](CO)[C@@H]2Cn3c(cccc3=O)[C@@H]2N1CCc1ccccc1. The summed E-state index contributed by atoms with van der Waals surface area (Å²) >= 11 is 0. The number of fused-ring (bicyclic) bond motifs is 3. The number of benzene rings is 1. The van der Waals surface area contributed by atoms with E-state index in [0.29, 0.717) is 19.6 Å². The molecule has 0 bridgehead atoms.